The van der Waals surface area contributed by atoms with Crippen LogP contribution in [0.15, 0.2) is 24.4 Å². The van der Waals surface area contributed by atoms with Crippen LogP contribution < -0.4 is 9.64 Å². The standard InChI is InChI=1S/C16H17N3O2/c1-9(2)19-13-8-10(3)7-11(4)14(13)21-15-12(16(19)20)5-6-17-18-15/h5-9H,1-4H3. The molecule has 0 fully saturated rings. The maximum absolute atomic E-state index is 12.8. The molecule has 0 spiro atoms. The first kappa shape index (κ1) is 13.5. The fourth-order valence-electron chi connectivity index (χ4n) is 2.65. The number of carbonyl (C=O) groups is 1. The third-order valence-corrected chi connectivity index (χ3v) is 3.51. The highest BCUT2D eigenvalue weighted by Crippen LogP contribution is 2.41. The Morgan fingerprint density at radius 2 is 2.00 bits per heavy atom. The number of benzene rings is 1. The molecular formula is C16H17N3O2. The van der Waals surface area contributed by atoms with Crippen LogP contribution in [0.4, 0.5) is 5.69 Å². The van der Waals surface area contributed by atoms with Crippen LogP contribution in [0.3, 0.4) is 0 Å². The molecule has 0 bridgehead atoms. The molecule has 1 amide bonds. The maximum atomic E-state index is 12.8. The van der Waals surface area contributed by atoms with Gasteiger partial charge in [-0.1, -0.05) is 6.07 Å². The van der Waals surface area contributed by atoms with Crippen LogP contribution in [0.5, 0.6) is 11.6 Å². The highest BCUT2D eigenvalue weighted by atomic mass is 16.5. The molecule has 0 atom stereocenters. The predicted molar refractivity (Wildman–Crippen MR) is 80.0 cm³/mol. The van der Waals surface area contributed by atoms with Crippen LogP contribution in [-0.4, -0.2) is 22.1 Å². The molecular weight excluding hydrogens is 266 g/mol. The van der Waals surface area contributed by atoms with Crippen molar-refractivity contribution in [2.24, 2.45) is 0 Å². The molecule has 0 saturated heterocycles. The molecule has 0 saturated carbocycles. The Morgan fingerprint density at radius 1 is 1.24 bits per heavy atom. The first-order valence-electron chi connectivity index (χ1n) is 6.93. The monoisotopic (exact) mass is 283 g/mol. The highest BCUT2D eigenvalue weighted by molar-refractivity contribution is 6.09. The van der Waals surface area contributed by atoms with Gasteiger partial charge in [-0.05, 0) is 51.0 Å². The second-order valence-corrected chi connectivity index (χ2v) is 5.55. The molecule has 0 N–H and O–H groups in total. The number of hydrogen-bond donors (Lipinski definition) is 0. The number of hydrogen-bond acceptors (Lipinski definition) is 4. The lowest BCUT2D eigenvalue weighted by Gasteiger charge is -2.27. The van der Waals surface area contributed by atoms with E-state index in [-0.39, 0.29) is 17.8 Å². The quantitative estimate of drug-likeness (QED) is 0.806. The predicted octanol–water partition coefficient (Wildman–Crippen LogP) is 3.25. The van der Waals surface area contributed by atoms with Crippen molar-refractivity contribution in [1.82, 2.24) is 10.2 Å². The van der Waals surface area contributed by atoms with Crippen LogP contribution in [-0.2, 0) is 0 Å². The first-order chi connectivity index (χ1) is 9.99. The van der Waals surface area contributed by atoms with Crippen LogP contribution in [0, 0.1) is 13.8 Å². The fourth-order valence-corrected chi connectivity index (χ4v) is 2.65. The Morgan fingerprint density at radius 3 is 2.71 bits per heavy atom. The number of carbonyl (C=O) groups excluding carboxylic acids is 1. The minimum atomic E-state index is -0.112. The third-order valence-electron chi connectivity index (χ3n) is 3.51. The number of fused-ring (bicyclic) bond motifs is 2. The second-order valence-electron chi connectivity index (χ2n) is 5.55. The summed E-state index contributed by atoms with van der Waals surface area (Å²) in [5.74, 6) is 0.819. The minimum absolute atomic E-state index is 0.0140. The van der Waals surface area contributed by atoms with Crippen molar-refractivity contribution in [3.8, 4) is 11.6 Å². The zero-order valence-corrected chi connectivity index (χ0v) is 12.5. The molecule has 2 heterocycles. The SMILES string of the molecule is Cc1cc(C)c2c(c1)N(C(C)C)C(=O)c1ccnnc1O2. The van der Waals surface area contributed by atoms with E-state index in [0.29, 0.717) is 11.3 Å². The molecule has 1 aromatic carbocycles. The number of anilines is 1. The van der Waals surface area contributed by atoms with Gasteiger partial charge in [-0.3, -0.25) is 4.79 Å². The fraction of sp³-hybridized carbons (Fsp3) is 0.312. The molecule has 0 unspecified atom stereocenters. The maximum Gasteiger partial charge on any atom is 0.264 e. The average molecular weight is 283 g/mol. The zero-order chi connectivity index (χ0) is 15.1. The van der Waals surface area contributed by atoms with Gasteiger partial charge in [0.2, 0.25) is 0 Å². The van der Waals surface area contributed by atoms with Crippen molar-refractivity contribution in [2.75, 3.05) is 4.90 Å². The Labute approximate surface area is 123 Å². The summed E-state index contributed by atoms with van der Waals surface area (Å²) in [5, 5.41) is 7.78. The number of amides is 1. The van der Waals surface area contributed by atoms with Crippen molar-refractivity contribution < 1.29 is 9.53 Å². The average Bonchev–Trinajstić information content (AvgIpc) is 2.54. The number of aromatic nitrogens is 2. The van der Waals surface area contributed by atoms with Gasteiger partial charge < -0.3 is 9.64 Å². The first-order valence-corrected chi connectivity index (χ1v) is 6.93. The van der Waals surface area contributed by atoms with Gasteiger partial charge in [0, 0.05) is 6.04 Å². The highest BCUT2D eigenvalue weighted by Gasteiger charge is 2.31. The summed E-state index contributed by atoms with van der Waals surface area (Å²) in [5.41, 5.74) is 3.28. The summed E-state index contributed by atoms with van der Waals surface area (Å²) in [7, 11) is 0. The summed E-state index contributed by atoms with van der Waals surface area (Å²) >= 11 is 0. The summed E-state index contributed by atoms with van der Waals surface area (Å²) in [6.45, 7) is 7.95. The minimum Gasteiger partial charge on any atom is -0.434 e. The van der Waals surface area contributed by atoms with E-state index in [1.54, 1.807) is 11.0 Å². The summed E-state index contributed by atoms with van der Waals surface area (Å²) in [6.07, 6.45) is 1.51. The molecule has 0 aliphatic carbocycles. The molecule has 1 aliphatic rings. The molecule has 1 aromatic heterocycles. The van der Waals surface area contributed by atoms with Gasteiger partial charge in [-0.2, -0.15) is 5.10 Å². The van der Waals surface area contributed by atoms with Crippen LogP contribution in [0.25, 0.3) is 0 Å². The van der Waals surface area contributed by atoms with E-state index in [4.69, 9.17) is 4.74 Å². The van der Waals surface area contributed by atoms with Crippen molar-refractivity contribution in [1.29, 1.82) is 0 Å². The summed E-state index contributed by atoms with van der Waals surface area (Å²) in [4.78, 5) is 14.6. The van der Waals surface area contributed by atoms with Gasteiger partial charge >= 0.3 is 0 Å². The molecule has 0 radical (unpaired) electrons. The van der Waals surface area contributed by atoms with E-state index in [1.807, 2.05) is 39.8 Å². The number of nitrogens with zero attached hydrogens (tertiary/aromatic N) is 3. The normalized spacial score (nSPS) is 13.6. The topological polar surface area (TPSA) is 55.3 Å². The number of ether oxygens (including phenoxy) is 1. The van der Waals surface area contributed by atoms with Crippen LogP contribution in [0.2, 0.25) is 0 Å². The zero-order valence-electron chi connectivity index (χ0n) is 12.5. The van der Waals surface area contributed by atoms with E-state index in [1.165, 1.54) is 6.20 Å². The van der Waals surface area contributed by atoms with E-state index in [2.05, 4.69) is 10.2 Å². The Hall–Kier alpha value is -2.43. The van der Waals surface area contributed by atoms with E-state index in [9.17, 15) is 4.79 Å². The summed E-state index contributed by atoms with van der Waals surface area (Å²) < 4.78 is 5.90. The van der Waals surface area contributed by atoms with E-state index >= 15 is 0 Å². The lowest BCUT2D eigenvalue weighted by Crippen LogP contribution is -2.36. The van der Waals surface area contributed by atoms with Gasteiger partial charge in [0.1, 0.15) is 5.56 Å². The lowest BCUT2D eigenvalue weighted by atomic mass is 10.1. The number of rotatable bonds is 1. The molecule has 5 heteroatoms. The summed E-state index contributed by atoms with van der Waals surface area (Å²) in [6, 6.07) is 5.66. The van der Waals surface area contributed by atoms with Gasteiger partial charge in [0.15, 0.2) is 5.75 Å². The molecule has 2 aromatic rings. The number of aryl methyl sites for hydroxylation is 2. The third kappa shape index (κ3) is 2.14. The van der Waals surface area contributed by atoms with Gasteiger partial charge in [-0.15, -0.1) is 5.10 Å². The largest absolute Gasteiger partial charge is 0.434 e. The van der Waals surface area contributed by atoms with Gasteiger partial charge in [0.25, 0.3) is 11.8 Å². The molecule has 108 valence electrons. The van der Waals surface area contributed by atoms with E-state index < -0.39 is 0 Å². The molecule has 21 heavy (non-hydrogen) atoms. The van der Waals surface area contributed by atoms with Crippen molar-refractivity contribution >= 4 is 11.6 Å². The van der Waals surface area contributed by atoms with Gasteiger partial charge in [-0.25, -0.2) is 0 Å². The molecule has 3 rings (SSSR count). The Bertz CT molecular complexity index is 725. The smallest absolute Gasteiger partial charge is 0.264 e. The Balaban J connectivity index is 2.31. The molecule has 1 aliphatic heterocycles. The van der Waals surface area contributed by atoms with Crippen LogP contribution >= 0.6 is 0 Å². The van der Waals surface area contributed by atoms with Crippen molar-refractivity contribution in [3.63, 3.8) is 0 Å². The van der Waals surface area contributed by atoms with Crippen molar-refractivity contribution in [3.05, 3.63) is 41.1 Å². The Kier molecular flexibility index (Phi) is 3.12. The van der Waals surface area contributed by atoms with E-state index in [0.717, 1.165) is 16.8 Å². The van der Waals surface area contributed by atoms with Crippen LogP contribution in [0.1, 0.15) is 35.3 Å². The van der Waals surface area contributed by atoms with Gasteiger partial charge in [0.05, 0.1) is 11.9 Å². The lowest BCUT2D eigenvalue weighted by molar-refractivity contribution is 0.0980. The second kappa shape index (κ2) is 4.84. The molecule has 5 nitrogen and oxygen atoms in total. The van der Waals surface area contributed by atoms with Crippen molar-refractivity contribution in [2.45, 2.75) is 33.7 Å².